The largest absolute Gasteiger partial charge is 0.328 e. The van der Waals surface area contributed by atoms with E-state index in [4.69, 9.17) is 0 Å². The van der Waals surface area contributed by atoms with Crippen LogP contribution in [0.3, 0.4) is 0 Å². The van der Waals surface area contributed by atoms with Gasteiger partial charge >= 0.3 is 6.03 Å². The second kappa shape index (κ2) is 7.45. The molecule has 1 aliphatic heterocycles. The number of amides is 3. The van der Waals surface area contributed by atoms with E-state index in [1.54, 1.807) is 0 Å². The van der Waals surface area contributed by atoms with Crippen molar-refractivity contribution in [1.29, 1.82) is 0 Å². The molecule has 0 saturated carbocycles. The Bertz CT molecular complexity index is 1080. The zero-order chi connectivity index (χ0) is 20.6. The molecule has 150 valence electrons. The number of carbonyl (C=O) groups is 2. The molecule has 1 heterocycles. The van der Waals surface area contributed by atoms with Gasteiger partial charge in [-0.1, -0.05) is 84.9 Å². The van der Waals surface area contributed by atoms with Crippen molar-refractivity contribution in [2.75, 3.05) is 0 Å². The van der Waals surface area contributed by atoms with Crippen molar-refractivity contribution in [3.63, 3.8) is 0 Å². The van der Waals surface area contributed by atoms with E-state index in [0.29, 0.717) is 19.5 Å². The summed E-state index contributed by atoms with van der Waals surface area (Å²) in [6, 6.07) is 27.6. The molecule has 4 nitrogen and oxygen atoms in total. The highest BCUT2D eigenvalue weighted by molar-refractivity contribution is 6.07. The number of rotatable bonds is 4. The third kappa shape index (κ3) is 2.91. The van der Waals surface area contributed by atoms with Crippen molar-refractivity contribution in [2.45, 2.75) is 37.9 Å². The van der Waals surface area contributed by atoms with Gasteiger partial charge in [0.05, 0.1) is 6.54 Å². The van der Waals surface area contributed by atoms with E-state index in [0.717, 1.165) is 29.5 Å². The number of aryl methyl sites for hydroxylation is 1. The molecule has 1 atom stereocenters. The number of urea groups is 1. The molecular formula is C26H24N2O2. The number of fused-ring (bicyclic) bond motifs is 2. The van der Waals surface area contributed by atoms with Gasteiger partial charge in [0.25, 0.3) is 5.91 Å². The molecule has 1 fully saturated rings. The van der Waals surface area contributed by atoms with Gasteiger partial charge in [0.15, 0.2) is 0 Å². The highest BCUT2D eigenvalue weighted by Gasteiger charge is 2.59. The molecule has 1 saturated heterocycles. The Kier molecular flexibility index (Phi) is 4.62. The first-order valence-corrected chi connectivity index (χ1v) is 10.5. The van der Waals surface area contributed by atoms with Crippen LogP contribution in [0.5, 0.6) is 0 Å². The van der Waals surface area contributed by atoms with Gasteiger partial charge in [-0.25, -0.2) is 4.79 Å². The second-order valence-corrected chi connectivity index (χ2v) is 8.10. The highest BCUT2D eigenvalue weighted by atomic mass is 16.2. The fourth-order valence-corrected chi connectivity index (χ4v) is 4.92. The maximum absolute atomic E-state index is 13.9. The predicted octanol–water partition coefficient (Wildman–Crippen LogP) is 4.88. The summed E-state index contributed by atoms with van der Waals surface area (Å²) in [5, 5.41) is 0. The number of imide groups is 1. The molecule has 2 aliphatic rings. The van der Waals surface area contributed by atoms with Crippen LogP contribution in [0.15, 0.2) is 84.9 Å². The topological polar surface area (TPSA) is 40.6 Å². The molecule has 1 unspecified atom stereocenters. The van der Waals surface area contributed by atoms with E-state index in [-0.39, 0.29) is 11.9 Å². The maximum atomic E-state index is 13.9. The van der Waals surface area contributed by atoms with Gasteiger partial charge < -0.3 is 4.90 Å². The van der Waals surface area contributed by atoms with E-state index in [1.165, 1.54) is 10.5 Å². The molecule has 0 radical (unpaired) electrons. The zero-order valence-electron chi connectivity index (χ0n) is 16.8. The number of nitrogens with zero attached hydrogens (tertiary/aromatic N) is 2. The molecule has 3 amide bonds. The Balaban J connectivity index is 1.61. The summed E-state index contributed by atoms with van der Waals surface area (Å²) >= 11 is 0. The first kappa shape index (κ1) is 18.6. The Hall–Kier alpha value is -3.40. The summed E-state index contributed by atoms with van der Waals surface area (Å²) in [7, 11) is 0. The van der Waals surface area contributed by atoms with Crippen LogP contribution in [0.2, 0.25) is 0 Å². The van der Waals surface area contributed by atoms with Gasteiger partial charge in [-0.3, -0.25) is 9.69 Å². The minimum Gasteiger partial charge on any atom is -0.301 e. The first-order chi connectivity index (χ1) is 14.7. The molecule has 5 rings (SSSR count). The van der Waals surface area contributed by atoms with Crippen molar-refractivity contribution >= 4 is 11.9 Å². The first-order valence-electron chi connectivity index (χ1n) is 10.5. The molecule has 30 heavy (non-hydrogen) atoms. The molecule has 1 aliphatic carbocycles. The van der Waals surface area contributed by atoms with E-state index in [2.05, 4.69) is 6.07 Å². The normalized spacial score (nSPS) is 20.7. The molecule has 0 bridgehead atoms. The lowest BCUT2D eigenvalue weighted by molar-refractivity contribution is -0.135. The van der Waals surface area contributed by atoms with E-state index < -0.39 is 5.54 Å². The van der Waals surface area contributed by atoms with Crippen molar-refractivity contribution in [1.82, 2.24) is 9.80 Å². The monoisotopic (exact) mass is 396 g/mol. The van der Waals surface area contributed by atoms with Crippen molar-refractivity contribution < 1.29 is 9.59 Å². The van der Waals surface area contributed by atoms with Crippen molar-refractivity contribution in [3.8, 4) is 0 Å². The van der Waals surface area contributed by atoms with Crippen LogP contribution in [0.25, 0.3) is 0 Å². The summed E-state index contributed by atoms with van der Waals surface area (Å²) in [4.78, 5) is 30.8. The van der Waals surface area contributed by atoms with Gasteiger partial charge in [-0.15, -0.1) is 0 Å². The van der Waals surface area contributed by atoms with Crippen LogP contribution >= 0.6 is 0 Å². The number of carbonyl (C=O) groups excluding carboxylic acids is 2. The fourth-order valence-electron chi connectivity index (χ4n) is 4.92. The van der Waals surface area contributed by atoms with Gasteiger partial charge in [-0.2, -0.15) is 0 Å². The Morgan fingerprint density at radius 2 is 1.33 bits per heavy atom. The summed E-state index contributed by atoms with van der Waals surface area (Å²) in [6.45, 7) is 0.721. The quantitative estimate of drug-likeness (QED) is 0.590. The average Bonchev–Trinajstić information content (AvgIpc) is 2.98. The van der Waals surface area contributed by atoms with Crippen LogP contribution in [-0.4, -0.2) is 21.7 Å². The molecule has 1 spiro atoms. The Morgan fingerprint density at radius 3 is 2.03 bits per heavy atom. The van der Waals surface area contributed by atoms with E-state index >= 15 is 0 Å². The third-order valence-corrected chi connectivity index (χ3v) is 6.34. The number of hydrogen-bond acceptors (Lipinski definition) is 2. The molecule has 3 aromatic carbocycles. The number of hydrogen-bond donors (Lipinski definition) is 0. The molecule has 0 aromatic heterocycles. The lowest BCUT2D eigenvalue weighted by Gasteiger charge is -2.40. The second-order valence-electron chi connectivity index (χ2n) is 8.10. The molecule has 3 aromatic rings. The van der Waals surface area contributed by atoms with E-state index in [9.17, 15) is 9.59 Å². The fraction of sp³-hybridized carbons (Fsp3) is 0.231. The Labute approximate surface area is 176 Å². The Morgan fingerprint density at radius 1 is 0.733 bits per heavy atom. The summed E-state index contributed by atoms with van der Waals surface area (Å²) in [6.07, 6.45) is 2.49. The third-order valence-electron chi connectivity index (χ3n) is 6.34. The SMILES string of the molecule is O=C1N(Cc2ccccc2)C(=O)C2(CCCc3ccccc32)N1Cc1ccccc1. The van der Waals surface area contributed by atoms with Crippen LogP contribution < -0.4 is 0 Å². The molecular weight excluding hydrogens is 372 g/mol. The summed E-state index contributed by atoms with van der Waals surface area (Å²) in [5.74, 6) is -0.0977. The van der Waals surface area contributed by atoms with Crippen LogP contribution in [0.1, 0.15) is 35.1 Å². The number of benzene rings is 3. The van der Waals surface area contributed by atoms with Gasteiger partial charge in [0.2, 0.25) is 0 Å². The standard InChI is InChI=1S/C26H24N2O2/c29-24-26(17-9-15-22-14-7-8-16-23(22)26)28(19-21-12-5-2-6-13-21)25(30)27(24)18-20-10-3-1-4-11-20/h1-8,10-14,16H,9,15,17-19H2. The van der Waals surface area contributed by atoms with E-state index in [1.807, 2.05) is 83.8 Å². The van der Waals surface area contributed by atoms with Crippen LogP contribution in [0.4, 0.5) is 4.79 Å². The van der Waals surface area contributed by atoms with Gasteiger partial charge in [0, 0.05) is 6.54 Å². The summed E-state index contributed by atoms with van der Waals surface area (Å²) in [5.41, 5.74) is 3.23. The van der Waals surface area contributed by atoms with Crippen molar-refractivity contribution in [3.05, 3.63) is 107 Å². The van der Waals surface area contributed by atoms with Crippen LogP contribution in [-0.2, 0) is 29.8 Å². The van der Waals surface area contributed by atoms with Crippen molar-refractivity contribution in [2.24, 2.45) is 0 Å². The predicted molar refractivity (Wildman–Crippen MR) is 115 cm³/mol. The minimum absolute atomic E-state index is 0.0977. The summed E-state index contributed by atoms with van der Waals surface area (Å²) < 4.78 is 0. The lowest BCUT2D eigenvalue weighted by Crippen LogP contribution is -2.48. The smallest absolute Gasteiger partial charge is 0.301 e. The minimum atomic E-state index is -0.920. The zero-order valence-corrected chi connectivity index (χ0v) is 16.8. The van der Waals surface area contributed by atoms with Crippen LogP contribution in [0, 0.1) is 0 Å². The molecule has 4 heteroatoms. The lowest BCUT2D eigenvalue weighted by atomic mass is 9.75. The maximum Gasteiger partial charge on any atom is 0.328 e. The molecule has 0 N–H and O–H groups in total. The van der Waals surface area contributed by atoms with Gasteiger partial charge in [-0.05, 0) is 41.5 Å². The van der Waals surface area contributed by atoms with Gasteiger partial charge in [0.1, 0.15) is 5.54 Å². The average molecular weight is 396 g/mol. The highest BCUT2D eigenvalue weighted by Crippen LogP contribution is 2.47.